The van der Waals surface area contributed by atoms with Crippen molar-refractivity contribution in [1.82, 2.24) is 9.55 Å². The second kappa shape index (κ2) is 13.2. The number of aromatic nitrogens is 2. The summed E-state index contributed by atoms with van der Waals surface area (Å²) in [5.41, 5.74) is 16.4. The Kier molecular flexibility index (Phi) is 7.54. The quantitative estimate of drug-likeness (QED) is 0.169. The Morgan fingerprint density at radius 1 is 0.483 bits per heavy atom. The number of rotatable bonds is 6. The third kappa shape index (κ3) is 5.14. The van der Waals surface area contributed by atoms with Gasteiger partial charge in [-0.25, -0.2) is 4.98 Å². The molecule has 0 amide bonds. The van der Waals surface area contributed by atoms with Gasteiger partial charge >= 0.3 is 0 Å². The van der Waals surface area contributed by atoms with Crippen LogP contribution in [0.1, 0.15) is 25.0 Å². The second-order valence-electron chi connectivity index (χ2n) is 16.4. The molecule has 2 aromatic heterocycles. The number of nitrogens with zero attached hydrogens (tertiary/aromatic N) is 3. The van der Waals surface area contributed by atoms with E-state index in [4.69, 9.17) is 9.40 Å². The van der Waals surface area contributed by atoms with E-state index in [2.05, 4.69) is 217 Å². The molecule has 2 heterocycles. The predicted octanol–water partition coefficient (Wildman–Crippen LogP) is 15.2. The third-order valence-corrected chi connectivity index (χ3v) is 12.6. The SMILES string of the molecule is CC1(C)c2ccccc2-c2cc(N(c3cc4c5ccccc5n(-c5ccccc5)c4c4ccccc34)c3cccc4nc(-c5cccc(-c6ccccc6)c5)oc34)ccc21. The molecule has 60 heavy (non-hydrogen) atoms. The standard InChI is InChI=1S/C56H39N3O/c1-56(2)47-27-13-11-23-41(47)45-34-40(31-32-48(45)56)58(51-30-16-28-49-54(51)60-55(57-49)38-20-15-19-37(33-38)36-17-5-3-6-18-36)52-35-46-43-25-12-14-29-50(43)59(39-21-7-4-8-22-39)53(46)44-26-10-9-24-42(44)52/h3-35H,1-2H3. The third-order valence-electron chi connectivity index (χ3n) is 12.6. The Labute approximate surface area is 348 Å². The van der Waals surface area contributed by atoms with E-state index in [-0.39, 0.29) is 5.41 Å². The zero-order chi connectivity index (χ0) is 40.0. The Morgan fingerprint density at radius 2 is 1.15 bits per heavy atom. The maximum atomic E-state index is 6.96. The van der Waals surface area contributed by atoms with Crippen molar-refractivity contribution in [3.63, 3.8) is 0 Å². The predicted molar refractivity (Wildman–Crippen MR) is 249 cm³/mol. The van der Waals surface area contributed by atoms with E-state index in [1.807, 2.05) is 6.07 Å². The first-order valence-corrected chi connectivity index (χ1v) is 20.6. The first-order chi connectivity index (χ1) is 29.5. The zero-order valence-corrected chi connectivity index (χ0v) is 33.3. The number of hydrogen-bond donors (Lipinski definition) is 0. The number of fused-ring (bicyclic) bond motifs is 9. The summed E-state index contributed by atoms with van der Waals surface area (Å²) in [6.45, 7) is 4.67. The van der Waals surface area contributed by atoms with Crippen LogP contribution >= 0.6 is 0 Å². The average Bonchev–Trinajstić information content (AvgIpc) is 3.96. The van der Waals surface area contributed by atoms with Crippen molar-refractivity contribution >= 4 is 60.7 Å². The van der Waals surface area contributed by atoms with E-state index in [9.17, 15) is 0 Å². The van der Waals surface area contributed by atoms with Gasteiger partial charge in [-0.15, -0.1) is 0 Å². The van der Waals surface area contributed by atoms with E-state index in [0.29, 0.717) is 5.89 Å². The largest absolute Gasteiger partial charge is 0.434 e. The molecular weight excluding hydrogens is 731 g/mol. The summed E-state index contributed by atoms with van der Waals surface area (Å²) in [6.07, 6.45) is 0. The first-order valence-electron chi connectivity index (χ1n) is 20.6. The Balaban J connectivity index is 1.14. The molecule has 0 N–H and O–H groups in total. The lowest BCUT2D eigenvalue weighted by molar-refractivity contribution is 0.620. The van der Waals surface area contributed by atoms with Crippen molar-refractivity contribution in [1.29, 1.82) is 0 Å². The van der Waals surface area contributed by atoms with Crippen LogP contribution in [0.15, 0.2) is 205 Å². The van der Waals surface area contributed by atoms with Gasteiger partial charge in [0, 0.05) is 43.9 Å². The van der Waals surface area contributed by atoms with Crippen LogP contribution in [0.25, 0.3) is 83.1 Å². The molecule has 0 saturated carbocycles. The lowest BCUT2D eigenvalue weighted by atomic mass is 9.82. The van der Waals surface area contributed by atoms with Gasteiger partial charge in [0.1, 0.15) is 5.52 Å². The lowest BCUT2D eigenvalue weighted by Gasteiger charge is -2.28. The smallest absolute Gasteiger partial charge is 0.227 e. The lowest BCUT2D eigenvalue weighted by Crippen LogP contribution is -2.15. The van der Waals surface area contributed by atoms with Crippen molar-refractivity contribution in [3.05, 3.63) is 211 Å². The van der Waals surface area contributed by atoms with Crippen molar-refractivity contribution < 1.29 is 4.42 Å². The molecule has 1 aliphatic rings. The van der Waals surface area contributed by atoms with Crippen molar-refractivity contribution in [3.8, 4) is 39.4 Å². The van der Waals surface area contributed by atoms with Gasteiger partial charge in [-0.1, -0.05) is 153 Å². The molecule has 0 radical (unpaired) electrons. The van der Waals surface area contributed by atoms with E-state index in [0.717, 1.165) is 55.9 Å². The maximum absolute atomic E-state index is 6.96. The first kappa shape index (κ1) is 34.4. The van der Waals surface area contributed by atoms with Gasteiger partial charge in [0.25, 0.3) is 0 Å². The number of hydrogen-bond acceptors (Lipinski definition) is 3. The van der Waals surface area contributed by atoms with E-state index in [1.165, 1.54) is 49.4 Å². The molecule has 0 unspecified atom stereocenters. The van der Waals surface area contributed by atoms with E-state index >= 15 is 0 Å². The molecule has 4 nitrogen and oxygen atoms in total. The molecule has 0 aliphatic heterocycles. The maximum Gasteiger partial charge on any atom is 0.227 e. The molecule has 1 aliphatic carbocycles. The molecule has 0 saturated heterocycles. The molecule has 0 spiro atoms. The fourth-order valence-corrected chi connectivity index (χ4v) is 9.79. The minimum atomic E-state index is -0.117. The zero-order valence-electron chi connectivity index (χ0n) is 33.3. The molecular formula is C56H39N3O. The van der Waals surface area contributed by atoms with Crippen LogP contribution in [0, 0.1) is 0 Å². The topological polar surface area (TPSA) is 34.2 Å². The summed E-state index contributed by atoms with van der Waals surface area (Å²) in [7, 11) is 0. The minimum absolute atomic E-state index is 0.117. The van der Waals surface area contributed by atoms with Crippen LogP contribution in [0.2, 0.25) is 0 Å². The Bertz CT molecular complexity index is 3470. The number of anilines is 3. The highest BCUT2D eigenvalue weighted by Crippen LogP contribution is 2.52. The van der Waals surface area contributed by atoms with Crippen molar-refractivity contribution in [2.45, 2.75) is 19.3 Å². The molecule has 11 aromatic rings. The minimum Gasteiger partial charge on any atom is -0.434 e. The van der Waals surface area contributed by atoms with Gasteiger partial charge in [-0.2, -0.15) is 0 Å². The molecule has 0 atom stereocenters. The van der Waals surface area contributed by atoms with Crippen LogP contribution in [0.3, 0.4) is 0 Å². The van der Waals surface area contributed by atoms with Crippen molar-refractivity contribution in [2.24, 2.45) is 0 Å². The summed E-state index contributed by atoms with van der Waals surface area (Å²) in [4.78, 5) is 7.55. The average molecular weight is 770 g/mol. The Morgan fingerprint density at radius 3 is 2.00 bits per heavy atom. The summed E-state index contributed by atoms with van der Waals surface area (Å²) >= 11 is 0. The van der Waals surface area contributed by atoms with Gasteiger partial charge in [-0.05, 0) is 94.0 Å². The monoisotopic (exact) mass is 769 g/mol. The highest BCUT2D eigenvalue weighted by atomic mass is 16.3. The molecule has 4 heteroatoms. The fraction of sp³-hybridized carbons (Fsp3) is 0.0536. The van der Waals surface area contributed by atoms with E-state index in [1.54, 1.807) is 0 Å². The van der Waals surface area contributed by atoms with Crippen LogP contribution in [-0.2, 0) is 5.41 Å². The fourth-order valence-electron chi connectivity index (χ4n) is 9.79. The summed E-state index contributed by atoms with van der Waals surface area (Å²) < 4.78 is 9.38. The van der Waals surface area contributed by atoms with Gasteiger partial charge < -0.3 is 13.9 Å². The van der Waals surface area contributed by atoms with E-state index < -0.39 is 0 Å². The normalized spacial score (nSPS) is 13.0. The molecule has 0 fully saturated rings. The molecule has 284 valence electrons. The summed E-state index contributed by atoms with van der Waals surface area (Å²) in [5.74, 6) is 0.589. The molecule has 0 bridgehead atoms. The highest BCUT2D eigenvalue weighted by Gasteiger charge is 2.36. The van der Waals surface area contributed by atoms with Gasteiger partial charge in [-0.3, -0.25) is 0 Å². The van der Waals surface area contributed by atoms with Gasteiger partial charge in [0.2, 0.25) is 5.89 Å². The highest BCUT2D eigenvalue weighted by molar-refractivity contribution is 6.23. The van der Waals surface area contributed by atoms with Crippen LogP contribution < -0.4 is 4.90 Å². The molecule has 9 aromatic carbocycles. The van der Waals surface area contributed by atoms with Gasteiger partial charge in [0.15, 0.2) is 5.58 Å². The second-order valence-corrected chi connectivity index (χ2v) is 16.4. The summed E-state index contributed by atoms with van der Waals surface area (Å²) in [6, 6.07) is 71.8. The summed E-state index contributed by atoms with van der Waals surface area (Å²) in [5, 5.41) is 4.69. The van der Waals surface area contributed by atoms with Crippen LogP contribution in [0.5, 0.6) is 0 Å². The van der Waals surface area contributed by atoms with Gasteiger partial charge in [0.05, 0.1) is 22.4 Å². The molecule has 12 rings (SSSR count). The van der Waals surface area contributed by atoms with Crippen LogP contribution in [0.4, 0.5) is 17.1 Å². The van der Waals surface area contributed by atoms with Crippen molar-refractivity contribution in [2.75, 3.05) is 4.90 Å². The Hall–Kier alpha value is -7.69. The number of benzene rings is 9. The number of para-hydroxylation sites is 3. The number of oxazole rings is 1. The van der Waals surface area contributed by atoms with Crippen LogP contribution in [-0.4, -0.2) is 9.55 Å².